The smallest absolute Gasteiger partial charge is 0.303 e. The molecule has 4 aromatic carbocycles. The van der Waals surface area contributed by atoms with Crippen molar-refractivity contribution in [3.8, 4) is 23.0 Å². The van der Waals surface area contributed by atoms with Gasteiger partial charge in [0.15, 0.2) is 28.1 Å². The van der Waals surface area contributed by atoms with E-state index in [1.165, 1.54) is 18.5 Å². The first-order chi connectivity index (χ1) is 25.5. The number of anilines is 1. The molecule has 0 aliphatic carbocycles. The molecule has 0 aliphatic rings. The number of fused-ring (bicyclic) bond motifs is 2. The van der Waals surface area contributed by atoms with Crippen molar-refractivity contribution in [3.63, 3.8) is 0 Å². The largest absolute Gasteiger partial charge is 0.493 e. The standard InChI is InChI=1S/C20H20INO3S.C12H16O4.C7H5IN2S/c1-24-17-9-6-13(10-18(17)25-2)4-3-5-15(23)12-20-22-16-8-7-14(21)11-19(16)26-20;1-15-10-7-6-9(8-11(10)16-2)4-3-5-12(13)14;8-4-1-2-5-6(3-4)11-7(9)10-5/h6-11H,3-5,12H2,1-2H3;6-8H,3-5H2,1-2H3,(H,13,14);1-3H,(H2,9,10). The zero-order valence-corrected chi connectivity index (χ0v) is 35.8. The highest BCUT2D eigenvalue weighted by Crippen LogP contribution is 2.30. The molecule has 10 nitrogen and oxygen atoms in total. The zero-order chi connectivity index (χ0) is 38.3. The predicted molar refractivity (Wildman–Crippen MR) is 230 cm³/mol. The Morgan fingerprint density at radius 1 is 0.660 bits per heavy atom. The first-order valence-corrected chi connectivity index (χ1v) is 20.3. The summed E-state index contributed by atoms with van der Waals surface area (Å²) in [7, 11) is 6.42. The Labute approximate surface area is 344 Å². The fraction of sp³-hybridized carbons (Fsp3) is 0.282. The molecule has 0 spiro atoms. The van der Waals surface area contributed by atoms with E-state index in [1.807, 2.05) is 60.7 Å². The van der Waals surface area contributed by atoms with E-state index < -0.39 is 5.97 Å². The van der Waals surface area contributed by atoms with E-state index in [1.54, 1.807) is 39.8 Å². The first kappa shape index (κ1) is 42.0. The lowest BCUT2D eigenvalue weighted by atomic mass is 10.0. The SMILES string of the molecule is COc1ccc(CCCC(=O)Cc2nc3ccc(I)cc3s2)cc1OC.COc1ccc(CCCC(=O)O)cc1OC.Nc1nc2ccc(I)cc2s1. The number of nitrogens with two attached hydrogens (primary N) is 1. The highest BCUT2D eigenvalue weighted by Gasteiger charge is 2.11. The summed E-state index contributed by atoms with van der Waals surface area (Å²) >= 11 is 7.71. The number of aliphatic carboxylic acids is 1. The molecule has 6 rings (SSSR count). The Hall–Kier alpha value is -3.74. The second kappa shape index (κ2) is 21.2. The molecule has 6 aromatic rings. The molecule has 0 amide bonds. The molecule has 0 bridgehead atoms. The van der Waals surface area contributed by atoms with Crippen LogP contribution in [-0.2, 0) is 28.9 Å². The van der Waals surface area contributed by atoms with Gasteiger partial charge in [-0.1, -0.05) is 23.5 Å². The van der Waals surface area contributed by atoms with E-state index in [9.17, 15) is 9.59 Å². The van der Waals surface area contributed by atoms with Gasteiger partial charge in [0.2, 0.25) is 0 Å². The zero-order valence-electron chi connectivity index (χ0n) is 29.8. The Morgan fingerprint density at radius 3 is 1.66 bits per heavy atom. The van der Waals surface area contributed by atoms with Gasteiger partial charge < -0.3 is 29.8 Å². The number of carboxylic acid groups (broad SMARTS) is 1. The van der Waals surface area contributed by atoms with E-state index in [0.717, 1.165) is 67.3 Å². The Morgan fingerprint density at radius 2 is 1.15 bits per heavy atom. The lowest BCUT2D eigenvalue weighted by molar-refractivity contribution is -0.137. The van der Waals surface area contributed by atoms with E-state index in [4.69, 9.17) is 29.8 Å². The number of nitrogens with zero attached hydrogens (tertiary/aromatic N) is 2. The molecule has 0 saturated carbocycles. The van der Waals surface area contributed by atoms with Gasteiger partial charge in [0.25, 0.3) is 0 Å². The van der Waals surface area contributed by atoms with Crippen molar-refractivity contribution in [2.24, 2.45) is 0 Å². The van der Waals surface area contributed by atoms with Crippen molar-refractivity contribution >= 4 is 105 Å². The van der Waals surface area contributed by atoms with Gasteiger partial charge in [0.05, 0.1) is 55.3 Å². The molecule has 0 unspecified atom stereocenters. The van der Waals surface area contributed by atoms with Crippen LogP contribution in [0.3, 0.4) is 0 Å². The second-order valence-corrected chi connectivity index (χ2v) is 16.2. The van der Waals surface area contributed by atoms with Gasteiger partial charge in [-0.2, -0.15) is 0 Å². The maximum atomic E-state index is 12.3. The van der Waals surface area contributed by atoms with Gasteiger partial charge in [-0.05, 0) is 143 Å². The van der Waals surface area contributed by atoms with Crippen molar-refractivity contribution in [3.05, 3.63) is 96.1 Å². The average molecular weight is 982 g/mol. The summed E-state index contributed by atoms with van der Waals surface area (Å²) in [5.74, 6) is 2.28. The Kier molecular flexibility index (Phi) is 16.8. The summed E-state index contributed by atoms with van der Waals surface area (Å²) in [4.78, 5) is 31.4. The summed E-state index contributed by atoms with van der Waals surface area (Å²) in [6.07, 6.45) is 4.18. The topological polar surface area (TPSA) is 143 Å². The van der Waals surface area contributed by atoms with Crippen molar-refractivity contribution < 1.29 is 33.6 Å². The van der Waals surface area contributed by atoms with Crippen molar-refractivity contribution in [2.45, 2.75) is 44.9 Å². The molecule has 280 valence electrons. The summed E-state index contributed by atoms with van der Waals surface area (Å²) in [6.45, 7) is 0. The van der Waals surface area contributed by atoms with Crippen LogP contribution in [0, 0.1) is 7.14 Å². The number of ketones is 1. The van der Waals surface area contributed by atoms with Crippen LogP contribution in [-0.4, -0.2) is 55.3 Å². The van der Waals surface area contributed by atoms with Gasteiger partial charge in [0, 0.05) is 20.0 Å². The van der Waals surface area contributed by atoms with Gasteiger partial charge in [-0.3, -0.25) is 9.59 Å². The van der Waals surface area contributed by atoms with E-state index in [0.29, 0.717) is 35.9 Å². The van der Waals surface area contributed by atoms with Crippen molar-refractivity contribution in [1.29, 1.82) is 0 Å². The van der Waals surface area contributed by atoms with Crippen LogP contribution in [0.1, 0.15) is 41.8 Å². The van der Waals surface area contributed by atoms with Crippen molar-refractivity contribution in [2.75, 3.05) is 34.2 Å². The monoisotopic (exact) mass is 981 g/mol. The van der Waals surface area contributed by atoms with E-state index >= 15 is 0 Å². The molecule has 0 fully saturated rings. The van der Waals surface area contributed by atoms with Gasteiger partial charge in [-0.25, -0.2) is 9.97 Å². The predicted octanol–water partition coefficient (Wildman–Crippen LogP) is 9.65. The van der Waals surface area contributed by atoms with Crippen LogP contribution >= 0.6 is 67.9 Å². The number of carboxylic acids is 1. The lowest BCUT2D eigenvalue weighted by Gasteiger charge is -2.09. The maximum Gasteiger partial charge on any atom is 0.303 e. The van der Waals surface area contributed by atoms with Crippen LogP contribution in [0.4, 0.5) is 5.13 Å². The Balaban J connectivity index is 0.000000197. The molecule has 14 heteroatoms. The maximum absolute atomic E-state index is 12.3. The fourth-order valence-corrected chi connectivity index (χ4v) is 8.41. The number of Topliss-reactive ketones (excluding diaryl/α,β-unsaturated/α-hetero) is 1. The third-order valence-corrected chi connectivity index (χ3v) is 11.0. The molecule has 2 heterocycles. The number of carbonyl (C=O) groups is 2. The summed E-state index contributed by atoms with van der Waals surface area (Å²) < 4.78 is 25.6. The molecule has 3 N–H and O–H groups in total. The number of nitrogen functional groups attached to an aromatic ring is 1. The highest BCUT2D eigenvalue weighted by molar-refractivity contribution is 14.1. The summed E-state index contributed by atoms with van der Waals surface area (Å²) in [5.41, 5.74) is 9.71. The van der Waals surface area contributed by atoms with Crippen LogP contribution in [0.5, 0.6) is 23.0 Å². The highest BCUT2D eigenvalue weighted by atomic mass is 127. The number of benzene rings is 4. The van der Waals surface area contributed by atoms with Gasteiger partial charge in [0.1, 0.15) is 10.8 Å². The second-order valence-electron chi connectivity index (χ2n) is 11.6. The first-order valence-electron chi connectivity index (χ1n) is 16.5. The number of hydrogen-bond acceptors (Lipinski definition) is 11. The van der Waals surface area contributed by atoms with E-state index in [2.05, 4.69) is 67.3 Å². The number of aromatic nitrogens is 2. The molecular formula is C39H41I2N3O7S2. The van der Waals surface area contributed by atoms with Crippen molar-refractivity contribution in [1.82, 2.24) is 9.97 Å². The minimum atomic E-state index is -0.763. The number of methoxy groups -OCH3 is 4. The minimum Gasteiger partial charge on any atom is -0.493 e. The number of thiazole rings is 2. The normalized spacial score (nSPS) is 10.5. The lowest BCUT2D eigenvalue weighted by Crippen LogP contribution is -2.03. The van der Waals surface area contributed by atoms with Gasteiger partial charge >= 0.3 is 5.97 Å². The number of aryl methyl sites for hydroxylation is 2. The molecule has 0 atom stereocenters. The molecule has 0 radical (unpaired) electrons. The third kappa shape index (κ3) is 13.3. The number of rotatable bonds is 14. The number of carbonyl (C=O) groups excluding carboxylic acids is 1. The number of ether oxygens (including phenoxy) is 4. The molecule has 53 heavy (non-hydrogen) atoms. The third-order valence-electron chi connectivity index (χ3n) is 7.78. The quantitative estimate of drug-likeness (QED) is 0.101. The van der Waals surface area contributed by atoms with Crippen LogP contribution in [0.15, 0.2) is 72.8 Å². The molecule has 2 aromatic heterocycles. The van der Waals surface area contributed by atoms with Crippen LogP contribution in [0.2, 0.25) is 0 Å². The van der Waals surface area contributed by atoms with Gasteiger partial charge in [-0.15, -0.1) is 11.3 Å². The molecule has 0 saturated heterocycles. The molecule has 0 aliphatic heterocycles. The van der Waals surface area contributed by atoms with Crippen LogP contribution < -0.4 is 24.7 Å². The molecular weight excluding hydrogens is 940 g/mol. The number of halogens is 2. The van der Waals surface area contributed by atoms with Crippen LogP contribution in [0.25, 0.3) is 20.4 Å². The average Bonchev–Trinajstić information content (AvgIpc) is 3.72. The number of hydrogen-bond donors (Lipinski definition) is 2. The summed E-state index contributed by atoms with van der Waals surface area (Å²) in [5, 5.41) is 10.1. The Bertz CT molecular complexity index is 2140. The van der Waals surface area contributed by atoms with E-state index in [-0.39, 0.29) is 12.2 Å². The summed E-state index contributed by atoms with van der Waals surface area (Å²) in [6, 6.07) is 23.8. The fourth-order valence-electron chi connectivity index (χ4n) is 5.20. The minimum absolute atomic E-state index is 0.189.